The molecule has 0 bridgehead atoms. The van der Waals surface area contributed by atoms with Gasteiger partial charge in [0.1, 0.15) is 0 Å². The van der Waals surface area contributed by atoms with Gasteiger partial charge < -0.3 is 10.1 Å². The predicted molar refractivity (Wildman–Crippen MR) is 61.9 cm³/mol. The SMILES string of the molecule is COC(=O)[C@H]1CC[C@H](c2ccccc2)NC1. The second kappa shape index (κ2) is 5.12. The number of nitrogens with one attached hydrogen (secondary N) is 1. The molecule has 0 aromatic heterocycles. The van der Waals surface area contributed by atoms with Gasteiger partial charge in [0.05, 0.1) is 13.0 Å². The molecule has 86 valence electrons. The first-order valence-corrected chi connectivity index (χ1v) is 5.67. The van der Waals surface area contributed by atoms with Gasteiger partial charge in [-0.05, 0) is 18.4 Å². The smallest absolute Gasteiger partial charge is 0.309 e. The number of carbonyl (C=O) groups excluding carboxylic acids is 1. The number of ether oxygens (including phenoxy) is 1. The molecule has 1 heterocycles. The Kier molecular flexibility index (Phi) is 3.57. The minimum atomic E-state index is -0.0981. The third-order valence-electron chi connectivity index (χ3n) is 3.15. The topological polar surface area (TPSA) is 38.3 Å². The summed E-state index contributed by atoms with van der Waals surface area (Å²) in [4.78, 5) is 11.3. The standard InChI is InChI=1S/C13H17NO2/c1-16-13(15)11-7-8-12(14-9-11)10-5-3-2-4-6-10/h2-6,11-12,14H,7-9H2,1H3/t11-,12+/m0/s1. The number of piperidine rings is 1. The number of rotatable bonds is 2. The summed E-state index contributed by atoms with van der Waals surface area (Å²) in [6.45, 7) is 0.715. The third-order valence-corrected chi connectivity index (χ3v) is 3.15. The van der Waals surface area contributed by atoms with Crippen LogP contribution in [-0.2, 0) is 9.53 Å². The molecule has 0 saturated carbocycles. The maximum atomic E-state index is 11.3. The highest BCUT2D eigenvalue weighted by Gasteiger charge is 2.26. The van der Waals surface area contributed by atoms with Crippen LogP contribution in [0.15, 0.2) is 30.3 Å². The number of methoxy groups -OCH3 is 1. The molecule has 0 radical (unpaired) electrons. The lowest BCUT2D eigenvalue weighted by atomic mass is 9.91. The Morgan fingerprint density at radius 1 is 1.31 bits per heavy atom. The zero-order valence-electron chi connectivity index (χ0n) is 9.48. The molecule has 1 fully saturated rings. The number of benzene rings is 1. The first-order chi connectivity index (χ1) is 7.81. The van der Waals surface area contributed by atoms with Crippen LogP contribution in [0.4, 0.5) is 0 Å². The monoisotopic (exact) mass is 219 g/mol. The van der Waals surface area contributed by atoms with E-state index in [1.807, 2.05) is 18.2 Å². The summed E-state index contributed by atoms with van der Waals surface area (Å²) >= 11 is 0. The van der Waals surface area contributed by atoms with Crippen molar-refractivity contribution < 1.29 is 9.53 Å². The van der Waals surface area contributed by atoms with Gasteiger partial charge in [0.2, 0.25) is 0 Å². The molecule has 1 aromatic rings. The van der Waals surface area contributed by atoms with Crippen molar-refractivity contribution in [1.29, 1.82) is 0 Å². The molecule has 16 heavy (non-hydrogen) atoms. The minimum absolute atomic E-state index is 0.0185. The molecule has 2 atom stereocenters. The van der Waals surface area contributed by atoms with Crippen LogP contribution in [0.5, 0.6) is 0 Å². The van der Waals surface area contributed by atoms with Gasteiger partial charge in [-0.1, -0.05) is 30.3 Å². The second-order valence-electron chi connectivity index (χ2n) is 4.17. The van der Waals surface area contributed by atoms with Crippen molar-refractivity contribution in [3.05, 3.63) is 35.9 Å². The van der Waals surface area contributed by atoms with Crippen LogP contribution >= 0.6 is 0 Å². The van der Waals surface area contributed by atoms with Crippen LogP contribution in [0.3, 0.4) is 0 Å². The highest BCUT2D eigenvalue weighted by molar-refractivity contribution is 5.72. The highest BCUT2D eigenvalue weighted by Crippen LogP contribution is 2.25. The van der Waals surface area contributed by atoms with Crippen LogP contribution in [0.2, 0.25) is 0 Å². The molecule has 3 nitrogen and oxygen atoms in total. The maximum Gasteiger partial charge on any atom is 0.309 e. The van der Waals surface area contributed by atoms with Gasteiger partial charge in [-0.25, -0.2) is 0 Å². The Morgan fingerprint density at radius 3 is 2.62 bits per heavy atom. The van der Waals surface area contributed by atoms with E-state index in [1.54, 1.807) is 0 Å². The maximum absolute atomic E-state index is 11.3. The third kappa shape index (κ3) is 2.42. The Morgan fingerprint density at radius 2 is 2.06 bits per heavy atom. The molecule has 2 rings (SSSR count). The summed E-state index contributed by atoms with van der Waals surface area (Å²) in [5.74, 6) is -0.0797. The number of carbonyl (C=O) groups is 1. The number of esters is 1. The van der Waals surface area contributed by atoms with E-state index in [1.165, 1.54) is 12.7 Å². The largest absolute Gasteiger partial charge is 0.469 e. The molecule has 0 aliphatic carbocycles. The Bertz CT molecular complexity index is 342. The Labute approximate surface area is 95.8 Å². The Hall–Kier alpha value is -1.35. The summed E-state index contributed by atoms with van der Waals surface area (Å²) in [5, 5.41) is 3.40. The normalized spacial score (nSPS) is 25.1. The minimum Gasteiger partial charge on any atom is -0.469 e. The fourth-order valence-corrected chi connectivity index (χ4v) is 2.19. The Balaban J connectivity index is 1.93. The van der Waals surface area contributed by atoms with E-state index < -0.39 is 0 Å². The lowest BCUT2D eigenvalue weighted by molar-refractivity contribution is -0.146. The van der Waals surface area contributed by atoms with E-state index in [0.717, 1.165) is 12.8 Å². The summed E-state index contributed by atoms with van der Waals surface area (Å²) in [6, 6.07) is 10.7. The molecule has 3 heteroatoms. The van der Waals surface area contributed by atoms with Gasteiger partial charge in [0.15, 0.2) is 0 Å². The average Bonchev–Trinajstić information content (AvgIpc) is 2.39. The zero-order chi connectivity index (χ0) is 11.4. The van der Waals surface area contributed by atoms with E-state index >= 15 is 0 Å². The van der Waals surface area contributed by atoms with Crippen molar-refractivity contribution in [1.82, 2.24) is 5.32 Å². The molecule has 0 spiro atoms. The average molecular weight is 219 g/mol. The van der Waals surface area contributed by atoms with Crippen molar-refractivity contribution in [3.8, 4) is 0 Å². The van der Waals surface area contributed by atoms with Gasteiger partial charge >= 0.3 is 5.97 Å². The van der Waals surface area contributed by atoms with E-state index in [4.69, 9.17) is 4.74 Å². The highest BCUT2D eigenvalue weighted by atomic mass is 16.5. The fraction of sp³-hybridized carbons (Fsp3) is 0.462. The summed E-state index contributed by atoms with van der Waals surface area (Å²) in [7, 11) is 1.45. The first kappa shape index (κ1) is 11.1. The molecular formula is C13H17NO2. The van der Waals surface area contributed by atoms with Gasteiger partial charge in [-0.3, -0.25) is 4.79 Å². The quantitative estimate of drug-likeness (QED) is 0.772. The number of hydrogen-bond donors (Lipinski definition) is 1. The van der Waals surface area contributed by atoms with Crippen LogP contribution in [0.25, 0.3) is 0 Å². The van der Waals surface area contributed by atoms with Crippen LogP contribution < -0.4 is 5.32 Å². The van der Waals surface area contributed by atoms with Gasteiger partial charge in [0.25, 0.3) is 0 Å². The molecular weight excluding hydrogens is 202 g/mol. The van der Waals surface area contributed by atoms with Crippen LogP contribution in [0, 0.1) is 5.92 Å². The molecule has 1 aliphatic heterocycles. The van der Waals surface area contributed by atoms with Crippen LogP contribution in [0.1, 0.15) is 24.4 Å². The summed E-state index contributed by atoms with van der Waals surface area (Å²) in [6.07, 6.45) is 1.89. The predicted octanol–water partition coefficient (Wildman–Crippen LogP) is 1.90. The molecule has 1 saturated heterocycles. The van der Waals surface area contributed by atoms with E-state index in [0.29, 0.717) is 12.6 Å². The van der Waals surface area contributed by atoms with E-state index in [9.17, 15) is 4.79 Å². The fourth-order valence-electron chi connectivity index (χ4n) is 2.19. The van der Waals surface area contributed by atoms with Gasteiger partial charge in [-0.2, -0.15) is 0 Å². The summed E-state index contributed by atoms with van der Waals surface area (Å²) < 4.78 is 4.75. The lowest BCUT2D eigenvalue weighted by Gasteiger charge is -2.28. The molecule has 1 N–H and O–H groups in total. The molecule has 1 aliphatic rings. The van der Waals surface area contributed by atoms with Crippen molar-refractivity contribution in [3.63, 3.8) is 0 Å². The van der Waals surface area contributed by atoms with E-state index in [-0.39, 0.29) is 11.9 Å². The first-order valence-electron chi connectivity index (χ1n) is 5.67. The van der Waals surface area contributed by atoms with Crippen molar-refractivity contribution in [2.75, 3.05) is 13.7 Å². The summed E-state index contributed by atoms with van der Waals surface area (Å²) in [5.41, 5.74) is 1.30. The number of hydrogen-bond acceptors (Lipinski definition) is 3. The molecule has 1 aromatic carbocycles. The van der Waals surface area contributed by atoms with Crippen molar-refractivity contribution >= 4 is 5.97 Å². The van der Waals surface area contributed by atoms with E-state index in [2.05, 4.69) is 17.4 Å². The molecule has 0 unspecified atom stereocenters. The van der Waals surface area contributed by atoms with Gasteiger partial charge in [-0.15, -0.1) is 0 Å². The lowest BCUT2D eigenvalue weighted by Crippen LogP contribution is -2.37. The van der Waals surface area contributed by atoms with Gasteiger partial charge in [0, 0.05) is 12.6 Å². The van der Waals surface area contributed by atoms with Crippen molar-refractivity contribution in [2.24, 2.45) is 5.92 Å². The zero-order valence-corrected chi connectivity index (χ0v) is 9.48. The van der Waals surface area contributed by atoms with Crippen molar-refractivity contribution in [2.45, 2.75) is 18.9 Å². The van der Waals surface area contributed by atoms with Crippen LogP contribution in [-0.4, -0.2) is 19.6 Å². The second-order valence-corrected chi connectivity index (χ2v) is 4.17. The molecule has 0 amide bonds.